The molecule has 62 valence electrons. The number of hydrogen-bond acceptors (Lipinski definition) is 1. The molecule has 0 aromatic heterocycles. The van der Waals surface area contributed by atoms with Gasteiger partial charge in [-0.1, -0.05) is 13.8 Å². The summed E-state index contributed by atoms with van der Waals surface area (Å²) in [6.07, 6.45) is 3.40. The summed E-state index contributed by atoms with van der Waals surface area (Å²) in [5.41, 5.74) is 0.889. The van der Waals surface area contributed by atoms with Crippen LogP contribution in [0.5, 0.6) is 0 Å². The van der Waals surface area contributed by atoms with Crippen LogP contribution in [0, 0.1) is 17.3 Å². The van der Waals surface area contributed by atoms with Crippen molar-refractivity contribution in [1.29, 1.82) is 0 Å². The molecule has 4 atom stereocenters. The van der Waals surface area contributed by atoms with Gasteiger partial charge >= 0.3 is 0 Å². The molecule has 1 heteroatoms. The van der Waals surface area contributed by atoms with E-state index in [0.29, 0.717) is 17.1 Å². The molecule has 4 fully saturated rings. The Morgan fingerprint density at radius 2 is 1.91 bits per heavy atom. The Bertz CT molecular complexity index is 216. The summed E-state index contributed by atoms with van der Waals surface area (Å²) in [6.45, 7) is 7.13. The average molecular weight is 152 g/mol. The van der Waals surface area contributed by atoms with Gasteiger partial charge in [0.25, 0.3) is 0 Å². The van der Waals surface area contributed by atoms with Crippen LogP contribution in [0.4, 0.5) is 0 Å². The van der Waals surface area contributed by atoms with Crippen LogP contribution in [0.25, 0.3) is 0 Å². The molecule has 0 aromatic carbocycles. The minimum absolute atomic E-state index is 0.304. The van der Waals surface area contributed by atoms with Crippen LogP contribution >= 0.6 is 0 Å². The quantitative estimate of drug-likeness (QED) is 0.485. The Morgan fingerprint density at radius 1 is 1.18 bits per heavy atom. The highest BCUT2D eigenvalue weighted by atomic mass is 16.6. The molecule has 4 aliphatic rings. The Labute approximate surface area is 68.1 Å². The molecule has 0 aromatic rings. The predicted molar refractivity (Wildman–Crippen MR) is 43.3 cm³/mol. The summed E-state index contributed by atoms with van der Waals surface area (Å²) in [7, 11) is 0. The van der Waals surface area contributed by atoms with Crippen molar-refractivity contribution in [2.24, 2.45) is 17.3 Å². The van der Waals surface area contributed by atoms with Crippen LogP contribution < -0.4 is 0 Å². The zero-order chi connectivity index (χ0) is 7.85. The summed E-state index contributed by atoms with van der Waals surface area (Å²) in [5.74, 6) is 1.83. The van der Waals surface area contributed by atoms with Crippen molar-refractivity contribution < 1.29 is 4.74 Å². The third-order valence-corrected chi connectivity index (χ3v) is 4.64. The summed E-state index contributed by atoms with van der Waals surface area (Å²) in [6, 6.07) is 0. The van der Waals surface area contributed by atoms with E-state index < -0.39 is 0 Å². The van der Waals surface area contributed by atoms with Gasteiger partial charge in [-0.05, 0) is 37.0 Å². The van der Waals surface area contributed by atoms with Crippen molar-refractivity contribution in [3.63, 3.8) is 0 Å². The molecule has 3 unspecified atom stereocenters. The molecule has 3 aliphatic carbocycles. The second-order valence-electron chi connectivity index (χ2n) is 5.33. The van der Waals surface area contributed by atoms with Gasteiger partial charge in [-0.15, -0.1) is 0 Å². The van der Waals surface area contributed by atoms with Crippen LogP contribution in [-0.4, -0.2) is 11.7 Å². The van der Waals surface area contributed by atoms with Crippen molar-refractivity contribution >= 4 is 0 Å². The minimum Gasteiger partial charge on any atom is -0.366 e. The SMILES string of the molecule is CC1(C)C2CC1C1(C)O[C@@H]1C2. The van der Waals surface area contributed by atoms with Gasteiger partial charge in [0.15, 0.2) is 0 Å². The maximum atomic E-state index is 5.75. The first-order chi connectivity index (χ1) is 5.05. The number of hydrogen-bond donors (Lipinski definition) is 0. The summed E-state index contributed by atoms with van der Waals surface area (Å²) >= 11 is 0. The molecule has 4 rings (SSSR count). The average Bonchev–Trinajstić information content (AvgIpc) is 2.58. The van der Waals surface area contributed by atoms with E-state index in [4.69, 9.17) is 4.74 Å². The third-order valence-electron chi connectivity index (χ3n) is 4.64. The molecule has 0 spiro atoms. The molecule has 0 amide bonds. The lowest BCUT2D eigenvalue weighted by Crippen LogP contribution is -2.56. The van der Waals surface area contributed by atoms with Gasteiger partial charge in [-0.3, -0.25) is 0 Å². The standard InChI is InChI=1S/C10H16O/c1-9(2)6-4-7(9)10(3)8(5-6)11-10/h6-8H,4-5H2,1-3H3/t6?,7?,8-,10?/m1/s1. The van der Waals surface area contributed by atoms with Gasteiger partial charge in [0, 0.05) is 0 Å². The molecule has 1 saturated heterocycles. The van der Waals surface area contributed by atoms with Gasteiger partial charge < -0.3 is 4.74 Å². The Kier molecular flexibility index (Phi) is 0.820. The van der Waals surface area contributed by atoms with Crippen LogP contribution in [0.2, 0.25) is 0 Å². The van der Waals surface area contributed by atoms with E-state index in [-0.39, 0.29) is 0 Å². The topological polar surface area (TPSA) is 12.5 Å². The smallest absolute Gasteiger partial charge is 0.0953 e. The molecule has 0 radical (unpaired) electrons. The normalized spacial score (nSPS) is 63.0. The molecular weight excluding hydrogens is 136 g/mol. The fourth-order valence-corrected chi connectivity index (χ4v) is 3.51. The Balaban J connectivity index is 1.98. The van der Waals surface area contributed by atoms with E-state index in [9.17, 15) is 0 Å². The van der Waals surface area contributed by atoms with E-state index >= 15 is 0 Å². The Morgan fingerprint density at radius 3 is 2.36 bits per heavy atom. The molecule has 2 bridgehead atoms. The van der Waals surface area contributed by atoms with E-state index in [2.05, 4.69) is 20.8 Å². The highest BCUT2D eigenvalue weighted by Crippen LogP contribution is 2.70. The van der Waals surface area contributed by atoms with Crippen molar-refractivity contribution in [3.8, 4) is 0 Å². The summed E-state index contributed by atoms with van der Waals surface area (Å²) < 4.78 is 5.75. The lowest BCUT2D eigenvalue weighted by Gasteiger charge is -2.57. The Hall–Kier alpha value is -0.0400. The van der Waals surface area contributed by atoms with E-state index in [1.165, 1.54) is 12.8 Å². The third kappa shape index (κ3) is 0.516. The second kappa shape index (κ2) is 1.39. The first-order valence-electron chi connectivity index (χ1n) is 4.73. The van der Waals surface area contributed by atoms with Crippen molar-refractivity contribution in [3.05, 3.63) is 0 Å². The van der Waals surface area contributed by atoms with Crippen LogP contribution in [-0.2, 0) is 4.74 Å². The number of rotatable bonds is 0. The van der Waals surface area contributed by atoms with Crippen molar-refractivity contribution in [2.75, 3.05) is 0 Å². The van der Waals surface area contributed by atoms with Crippen molar-refractivity contribution in [1.82, 2.24) is 0 Å². The lowest BCUT2D eigenvalue weighted by atomic mass is 9.46. The largest absolute Gasteiger partial charge is 0.366 e. The molecule has 1 nitrogen and oxygen atoms in total. The van der Waals surface area contributed by atoms with Gasteiger partial charge in [0.2, 0.25) is 0 Å². The predicted octanol–water partition coefficient (Wildman–Crippen LogP) is 2.21. The molecule has 11 heavy (non-hydrogen) atoms. The first kappa shape index (κ1) is 6.47. The maximum absolute atomic E-state index is 5.75. The number of epoxide rings is 1. The minimum atomic E-state index is 0.304. The van der Waals surface area contributed by atoms with E-state index in [1.54, 1.807) is 0 Å². The molecular formula is C10H16O. The monoisotopic (exact) mass is 152 g/mol. The van der Waals surface area contributed by atoms with Gasteiger partial charge in [0.1, 0.15) is 0 Å². The first-order valence-corrected chi connectivity index (χ1v) is 4.73. The summed E-state index contributed by atoms with van der Waals surface area (Å²) in [4.78, 5) is 0. The van der Waals surface area contributed by atoms with Gasteiger partial charge in [0.05, 0.1) is 11.7 Å². The van der Waals surface area contributed by atoms with Crippen LogP contribution in [0.15, 0.2) is 0 Å². The second-order valence-corrected chi connectivity index (χ2v) is 5.33. The van der Waals surface area contributed by atoms with Crippen LogP contribution in [0.3, 0.4) is 0 Å². The molecule has 0 N–H and O–H groups in total. The lowest BCUT2D eigenvalue weighted by molar-refractivity contribution is -0.0789. The molecule has 3 saturated carbocycles. The zero-order valence-electron chi connectivity index (χ0n) is 7.55. The highest BCUT2D eigenvalue weighted by Gasteiger charge is 2.72. The summed E-state index contributed by atoms with van der Waals surface area (Å²) in [5, 5.41) is 0. The van der Waals surface area contributed by atoms with Crippen LogP contribution in [0.1, 0.15) is 33.6 Å². The van der Waals surface area contributed by atoms with E-state index in [0.717, 1.165) is 11.8 Å². The van der Waals surface area contributed by atoms with Crippen molar-refractivity contribution in [2.45, 2.75) is 45.3 Å². The maximum Gasteiger partial charge on any atom is 0.0953 e. The zero-order valence-corrected chi connectivity index (χ0v) is 7.55. The van der Waals surface area contributed by atoms with Gasteiger partial charge in [-0.25, -0.2) is 0 Å². The highest BCUT2D eigenvalue weighted by molar-refractivity contribution is 5.20. The molecule has 1 aliphatic heterocycles. The molecule has 1 heterocycles. The van der Waals surface area contributed by atoms with Gasteiger partial charge in [-0.2, -0.15) is 0 Å². The fraction of sp³-hybridized carbons (Fsp3) is 1.00. The van der Waals surface area contributed by atoms with E-state index in [1.807, 2.05) is 0 Å². The number of ether oxygens (including phenoxy) is 1. The fourth-order valence-electron chi connectivity index (χ4n) is 3.51.